The second-order valence-electron chi connectivity index (χ2n) is 0.594. The molecule has 0 spiro atoms. The average Bonchev–Trinajstić information content (AvgIpc) is 2.12. The first-order valence-electron chi connectivity index (χ1n) is 7.94. The van der Waals surface area contributed by atoms with Crippen LogP contribution in [0.4, 0.5) is 0 Å². The maximum Gasteiger partial charge on any atom is 0.0377 e. The Balaban J connectivity index is 6.08. The molecule has 0 aromatic heterocycles. The van der Waals surface area contributed by atoms with Crippen LogP contribution in [0.25, 0.3) is 0 Å². The van der Waals surface area contributed by atoms with Crippen molar-refractivity contribution in [2.45, 2.75) is 32.3 Å². The van der Waals surface area contributed by atoms with Gasteiger partial charge in [0.05, 0.1) is 0 Å². The molecule has 0 saturated heterocycles. The zero-order valence-corrected chi connectivity index (χ0v) is 5.54. The van der Waals surface area contributed by atoms with E-state index in [0.717, 1.165) is 22.6 Å². The summed E-state index contributed by atoms with van der Waals surface area (Å²) in [6, 6.07) is 0. The van der Waals surface area contributed by atoms with Crippen LogP contribution in [0.5, 0.6) is 0 Å². The van der Waals surface area contributed by atoms with E-state index in [0.29, 0.717) is 0 Å². The smallest absolute Gasteiger partial charge is 0.0377 e. The summed E-state index contributed by atoms with van der Waals surface area (Å²) >= 11 is 0.922. The summed E-state index contributed by atoms with van der Waals surface area (Å²) in [5, 5.41) is 0. The van der Waals surface area contributed by atoms with Crippen molar-refractivity contribution in [1.82, 2.24) is 0 Å². The maximum absolute atomic E-state index is 7.50. The standard InChI is InChI=1S/C6H13I/c1-2-3-4-5-6-7/h2-6H2,1H3/i1D3,2D2,3D2,4D2,5D2,6D2. The number of hydrogen-bond donors (Lipinski definition) is 0. The average molecular weight is 225 g/mol. The number of hydrogen-bond acceptors (Lipinski definition) is 0. The third-order valence-corrected chi connectivity index (χ3v) is 0.504. The van der Waals surface area contributed by atoms with Crippen molar-refractivity contribution < 1.29 is 17.8 Å². The third kappa shape index (κ3) is 6.73. The highest BCUT2D eigenvalue weighted by Gasteiger charge is 1.80. The summed E-state index contributed by atoms with van der Waals surface area (Å²) in [5.41, 5.74) is 0. The Morgan fingerprint density at radius 2 is 2.43 bits per heavy atom. The summed E-state index contributed by atoms with van der Waals surface area (Å²) in [6.45, 7) is -3.54. The van der Waals surface area contributed by atoms with E-state index in [9.17, 15) is 0 Å². The van der Waals surface area contributed by atoms with Gasteiger partial charge < -0.3 is 0 Å². The fraction of sp³-hybridized carbons (Fsp3) is 1.00. The Hall–Kier alpha value is 0.730. The van der Waals surface area contributed by atoms with Crippen LogP contribution in [0, 0.1) is 0 Å². The molecule has 0 aliphatic heterocycles. The molecule has 0 N–H and O–H groups in total. The van der Waals surface area contributed by atoms with Gasteiger partial charge in [0.25, 0.3) is 0 Å². The maximum atomic E-state index is 7.50. The van der Waals surface area contributed by atoms with Crippen molar-refractivity contribution >= 4 is 22.6 Å². The number of rotatable bonds is 4. The van der Waals surface area contributed by atoms with E-state index in [2.05, 4.69) is 0 Å². The minimum Gasteiger partial charge on any atom is -0.0864 e. The van der Waals surface area contributed by atoms with Gasteiger partial charge in [-0.2, -0.15) is 0 Å². The van der Waals surface area contributed by atoms with Crippen molar-refractivity contribution in [3.8, 4) is 0 Å². The van der Waals surface area contributed by atoms with Crippen LogP contribution in [-0.2, 0) is 0 Å². The van der Waals surface area contributed by atoms with Gasteiger partial charge >= 0.3 is 0 Å². The highest BCUT2D eigenvalue weighted by atomic mass is 127. The largest absolute Gasteiger partial charge is 0.0864 e. The minimum absolute atomic E-state index is 0.922. The SMILES string of the molecule is [2H]C([2H])([2H])C([2H])([2H])C([2H])([2H])C([2H])([2H])C([2H])([2H])C([2H])([2H])I. The molecule has 0 radical (unpaired) electrons. The molecule has 0 aliphatic carbocycles. The fourth-order valence-corrected chi connectivity index (χ4v) is 0.221. The van der Waals surface area contributed by atoms with Gasteiger partial charge in [-0.1, -0.05) is 48.6 Å². The summed E-state index contributed by atoms with van der Waals surface area (Å²) in [4.78, 5) is 0. The van der Waals surface area contributed by atoms with Gasteiger partial charge in [-0.3, -0.25) is 0 Å². The molecule has 0 fully saturated rings. The van der Waals surface area contributed by atoms with Crippen LogP contribution in [-0.4, -0.2) is 4.38 Å². The van der Waals surface area contributed by atoms with E-state index < -0.39 is 36.7 Å². The van der Waals surface area contributed by atoms with Crippen LogP contribution in [0.15, 0.2) is 0 Å². The van der Waals surface area contributed by atoms with Crippen LogP contribution in [0.1, 0.15) is 50.2 Å². The molecule has 0 amide bonds. The van der Waals surface area contributed by atoms with Crippen molar-refractivity contribution in [1.29, 1.82) is 0 Å². The van der Waals surface area contributed by atoms with E-state index in [-0.39, 0.29) is 0 Å². The molecule has 0 nitrogen and oxygen atoms in total. The third-order valence-electron chi connectivity index (χ3n) is 0.235. The molecule has 0 saturated carbocycles. The van der Waals surface area contributed by atoms with Gasteiger partial charge in [-0.05, 0) is 10.8 Å². The topological polar surface area (TPSA) is 0 Å². The molecule has 0 aromatic carbocycles. The van der Waals surface area contributed by atoms with Gasteiger partial charge in [0.2, 0.25) is 0 Å². The van der Waals surface area contributed by atoms with Gasteiger partial charge in [-0.25, -0.2) is 0 Å². The second kappa shape index (κ2) is 6.73. The molecule has 7 heavy (non-hydrogen) atoms. The molecule has 1 heteroatoms. The first kappa shape index (κ1) is 0.899. The summed E-state index contributed by atoms with van der Waals surface area (Å²) < 4.78 is 92.0. The van der Waals surface area contributed by atoms with Gasteiger partial charge in [0.15, 0.2) is 0 Å². The molecule has 0 rings (SSSR count). The van der Waals surface area contributed by atoms with Crippen LogP contribution in [0.3, 0.4) is 0 Å². The summed E-state index contributed by atoms with van der Waals surface area (Å²) in [5.74, 6) is 0. The zero-order valence-electron chi connectivity index (χ0n) is 16.4. The monoisotopic (exact) mass is 225 g/mol. The zero-order chi connectivity index (χ0) is 17.0. The molecule has 44 valence electrons. The highest BCUT2D eigenvalue weighted by molar-refractivity contribution is 14.1. The summed E-state index contributed by atoms with van der Waals surface area (Å²) in [7, 11) is 0. The molecule has 0 aliphatic rings. The lowest BCUT2D eigenvalue weighted by molar-refractivity contribution is 0.710. The van der Waals surface area contributed by atoms with Crippen LogP contribution >= 0.6 is 22.6 Å². The predicted octanol–water partition coefficient (Wildman–Crippen LogP) is 3.00. The lowest BCUT2D eigenvalue weighted by atomic mass is 10.2. The normalized spacial score (nSPS) is 49.0. The van der Waals surface area contributed by atoms with Crippen molar-refractivity contribution in [3.05, 3.63) is 0 Å². The van der Waals surface area contributed by atoms with E-state index in [1.807, 2.05) is 0 Å². The number of alkyl halides is 1. The van der Waals surface area contributed by atoms with Crippen molar-refractivity contribution in [2.24, 2.45) is 0 Å². The van der Waals surface area contributed by atoms with E-state index in [4.69, 9.17) is 17.8 Å². The van der Waals surface area contributed by atoms with Crippen molar-refractivity contribution in [2.75, 3.05) is 4.38 Å². The van der Waals surface area contributed by atoms with Gasteiger partial charge in [0, 0.05) is 17.8 Å². The molecule has 0 atom stereocenters. The second-order valence-corrected chi connectivity index (χ2v) is 1.13. The van der Waals surface area contributed by atoms with E-state index in [1.54, 1.807) is 0 Å². The predicted molar refractivity (Wildman–Crippen MR) is 43.0 cm³/mol. The van der Waals surface area contributed by atoms with Gasteiger partial charge in [-0.15, -0.1) is 0 Å². The lowest BCUT2D eigenvalue weighted by Crippen LogP contribution is -1.73. The molecule has 0 heterocycles. The molecule has 0 aromatic rings. The van der Waals surface area contributed by atoms with Crippen LogP contribution < -0.4 is 0 Å². The quantitative estimate of drug-likeness (QED) is 0.509. The summed E-state index contributed by atoms with van der Waals surface area (Å²) in [6.07, 6.45) is -14.7. The lowest BCUT2D eigenvalue weighted by Gasteiger charge is -1.89. The molecular formula is C6H13I. The Morgan fingerprint density at radius 3 is 3.00 bits per heavy atom. The van der Waals surface area contributed by atoms with Gasteiger partial charge in [0.1, 0.15) is 0 Å². The fourth-order valence-electron chi connectivity index (χ4n) is 0.0861. The first-order chi connectivity index (χ1) is 8.25. The Labute approximate surface area is 78.1 Å². The Morgan fingerprint density at radius 1 is 1.57 bits per heavy atom. The molecule has 0 unspecified atom stereocenters. The number of halogens is 1. The Bertz CT molecular complexity index is 324. The Kier molecular flexibility index (Phi) is 0.865. The van der Waals surface area contributed by atoms with E-state index in [1.165, 1.54) is 0 Å². The molecular weight excluding hydrogens is 199 g/mol. The highest BCUT2D eigenvalue weighted by Crippen LogP contribution is 2.00. The molecule has 0 bridgehead atoms. The van der Waals surface area contributed by atoms with Crippen LogP contribution in [0.2, 0.25) is 0 Å². The first-order valence-corrected chi connectivity index (χ1v) is 2.52. The van der Waals surface area contributed by atoms with E-state index >= 15 is 0 Å². The minimum atomic E-state index is -3.80. The van der Waals surface area contributed by atoms with Crippen molar-refractivity contribution in [3.63, 3.8) is 0 Å².